The van der Waals surface area contributed by atoms with Gasteiger partial charge in [-0.1, -0.05) is 45.7 Å². The van der Waals surface area contributed by atoms with Crippen molar-refractivity contribution < 1.29 is 9.53 Å². The molecule has 0 aromatic heterocycles. The molecule has 2 aromatic carbocycles. The van der Waals surface area contributed by atoms with Gasteiger partial charge in [0.05, 0.1) is 13.2 Å². The lowest BCUT2D eigenvalue weighted by molar-refractivity contribution is -0.0228. The Balaban J connectivity index is 1.75. The Bertz CT molecular complexity index is 675. The quantitative estimate of drug-likeness (QED) is 0.777. The number of hydrogen-bond donors (Lipinski definition) is 0. The zero-order chi connectivity index (χ0) is 15.5. The van der Waals surface area contributed by atoms with E-state index in [4.69, 9.17) is 16.3 Å². The van der Waals surface area contributed by atoms with Crippen LogP contribution in [-0.2, 0) is 4.74 Å². The third-order valence-corrected chi connectivity index (χ3v) is 4.43. The second kappa shape index (κ2) is 6.82. The van der Waals surface area contributed by atoms with Gasteiger partial charge in [0, 0.05) is 21.6 Å². The first-order valence-corrected chi connectivity index (χ1v) is 8.22. The van der Waals surface area contributed by atoms with Crippen LogP contribution in [0.1, 0.15) is 22.0 Å². The highest BCUT2D eigenvalue weighted by Gasteiger charge is 2.26. The predicted octanol–water partition coefficient (Wildman–Crippen LogP) is 4.32. The molecule has 5 heteroatoms. The second-order valence-electron chi connectivity index (χ2n) is 5.17. The van der Waals surface area contributed by atoms with Crippen molar-refractivity contribution in [3.63, 3.8) is 0 Å². The van der Waals surface area contributed by atoms with Crippen LogP contribution in [0, 0.1) is 0 Å². The van der Waals surface area contributed by atoms with Crippen LogP contribution in [0.5, 0.6) is 0 Å². The Morgan fingerprint density at radius 3 is 2.73 bits per heavy atom. The molecule has 0 spiro atoms. The minimum atomic E-state index is -0.0926. The number of hydrogen-bond acceptors (Lipinski definition) is 2. The van der Waals surface area contributed by atoms with Gasteiger partial charge in [0.2, 0.25) is 0 Å². The van der Waals surface area contributed by atoms with Gasteiger partial charge in [0.15, 0.2) is 0 Å². The molecular formula is C17H15BrClNO2. The van der Waals surface area contributed by atoms with E-state index in [9.17, 15) is 4.79 Å². The molecule has 1 atom stereocenters. The fraction of sp³-hybridized carbons (Fsp3) is 0.235. The summed E-state index contributed by atoms with van der Waals surface area (Å²) in [6, 6.07) is 15.0. The van der Waals surface area contributed by atoms with Crippen LogP contribution in [0.2, 0.25) is 5.02 Å². The van der Waals surface area contributed by atoms with E-state index in [0.717, 1.165) is 10.0 Å². The Kier molecular flexibility index (Phi) is 4.81. The zero-order valence-corrected chi connectivity index (χ0v) is 14.2. The van der Waals surface area contributed by atoms with Crippen molar-refractivity contribution in [3.05, 3.63) is 69.2 Å². The van der Waals surface area contributed by atoms with Crippen LogP contribution < -0.4 is 0 Å². The van der Waals surface area contributed by atoms with Gasteiger partial charge in [0.25, 0.3) is 5.91 Å². The molecule has 3 rings (SSSR count). The molecular weight excluding hydrogens is 366 g/mol. The summed E-state index contributed by atoms with van der Waals surface area (Å²) in [4.78, 5) is 14.4. The van der Waals surface area contributed by atoms with Gasteiger partial charge in [-0.05, 0) is 35.9 Å². The molecule has 1 heterocycles. The zero-order valence-electron chi connectivity index (χ0n) is 11.8. The lowest BCUT2D eigenvalue weighted by Gasteiger charge is -2.33. The molecule has 0 aliphatic carbocycles. The lowest BCUT2D eigenvalue weighted by atomic mass is 10.1. The molecule has 0 radical (unpaired) electrons. The van der Waals surface area contributed by atoms with E-state index in [-0.39, 0.29) is 12.0 Å². The summed E-state index contributed by atoms with van der Waals surface area (Å²) in [5, 5.41) is 0.573. The first-order valence-electron chi connectivity index (χ1n) is 7.05. The smallest absolute Gasteiger partial charge is 0.254 e. The van der Waals surface area contributed by atoms with Gasteiger partial charge in [-0.25, -0.2) is 0 Å². The van der Waals surface area contributed by atoms with Crippen LogP contribution in [-0.4, -0.2) is 30.5 Å². The predicted molar refractivity (Wildman–Crippen MR) is 90.2 cm³/mol. The molecule has 1 unspecified atom stereocenters. The van der Waals surface area contributed by atoms with Gasteiger partial charge < -0.3 is 9.64 Å². The lowest BCUT2D eigenvalue weighted by Crippen LogP contribution is -2.42. The van der Waals surface area contributed by atoms with E-state index in [1.165, 1.54) is 0 Å². The van der Waals surface area contributed by atoms with Crippen molar-refractivity contribution in [2.45, 2.75) is 6.10 Å². The van der Waals surface area contributed by atoms with Gasteiger partial charge >= 0.3 is 0 Å². The Hall–Kier alpha value is -1.36. The SMILES string of the molecule is O=C(c1cccc(Cl)c1)N1CCOC(c2ccc(Br)cc2)C1. The van der Waals surface area contributed by atoms with E-state index in [2.05, 4.69) is 15.9 Å². The van der Waals surface area contributed by atoms with E-state index in [1.807, 2.05) is 29.2 Å². The molecule has 3 nitrogen and oxygen atoms in total. The van der Waals surface area contributed by atoms with E-state index < -0.39 is 0 Å². The Morgan fingerprint density at radius 2 is 2.00 bits per heavy atom. The average molecular weight is 381 g/mol. The fourth-order valence-corrected chi connectivity index (χ4v) is 2.97. The average Bonchev–Trinajstić information content (AvgIpc) is 2.55. The number of nitrogens with zero attached hydrogens (tertiary/aromatic N) is 1. The number of carbonyl (C=O) groups excluding carboxylic acids is 1. The van der Waals surface area contributed by atoms with Crippen molar-refractivity contribution in [2.75, 3.05) is 19.7 Å². The van der Waals surface area contributed by atoms with Crippen molar-refractivity contribution in [3.8, 4) is 0 Å². The van der Waals surface area contributed by atoms with Crippen LogP contribution in [0.15, 0.2) is 53.0 Å². The van der Waals surface area contributed by atoms with E-state index in [0.29, 0.717) is 30.3 Å². The minimum absolute atomic E-state index is 0.00656. The van der Waals surface area contributed by atoms with Crippen LogP contribution in [0.25, 0.3) is 0 Å². The summed E-state index contributed by atoms with van der Waals surface area (Å²) in [6.07, 6.45) is -0.0926. The summed E-state index contributed by atoms with van der Waals surface area (Å²) in [5.74, 6) is -0.00656. The van der Waals surface area contributed by atoms with Crippen molar-refractivity contribution >= 4 is 33.4 Å². The minimum Gasteiger partial charge on any atom is -0.370 e. The van der Waals surface area contributed by atoms with E-state index in [1.54, 1.807) is 24.3 Å². The molecule has 0 saturated carbocycles. The number of morpholine rings is 1. The van der Waals surface area contributed by atoms with Crippen molar-refractivity contribution in [2.24, 2.45) is 0 Å². The third kappa shape index (κ3) is 3.51. The highest BCUT2D eigenvalue weighted by molar-refractivity contribution is 9.10. The molecule has 2 aromatic rings. The molecule has 1 aliphatic heterocycles. The molecule has 1 amide bonds. The highest BCUT2D eigenvalue weighted by atomic mass is 79.9. The third-order valence-electron chi connectivity index (χ3n) is 3.67. The topological polar surface area (TPSA) is 29.5 Å². The summed E-state index contributed by atoms with van der Waals surface area (Å²) in [7, 11) is 0. The normalized spacial score (nSPS) is 18.3. The monoisotopic (exact) mass is 379 g/mol. The van der Waals surface area contributed by atoms with Gasteiger partial charge in [0.1, 0.15) is 6.10 Å². The van der Waals surface area contributed by atoms with Crippen LogP contribution in [0.4, 0.5) is 0 Å². The number of halogens is 2. The molecule has 114 valence electrons. The first-order chi connectivity index (χ1) is 10.6. The second-order valence-corrected chi connectivity index (χ2v) is 6.52. The summed E-state index contributed by atoms with van der Waals surface area (Å²) in [5.41, 5.74) is 1.69. The molecule has 1 aliphatic rings. The number of ether oxygens (including phenoxy) is 1. The summed E-state index contributed by atoms with van der Waals surface area (Å²) >= 11 is 9.39. The standard InChI is InChI=1S/C17H15BrClNO2/c18-14-6-4-12(5-7-14)16-11-20(8-9-22-16)17(21)13-2-1-3-15(19)10-13/h1-7,10,16H,8-9,11H2. The van der Waals surface area contributed by atoms with Crippen molar-refractivity contribution in [1.29, 1.82) is 0 Å². The summed E-state index contributed by atoms with van der Waals surface area (Å²) < 4.78 is 6.84. The highest BCUT2D eigenvalue weighted by Crippen LogP contribution is 2.25. The molecule has 0 bridgehead atoms. The maximum absolute atomic E-state index is 12.6. The van der Waals surface area contributed by atoms with Crippen LogP contribution >= 0.6 is 27.5 Å². The largest absolute Gasteiger partial charge is 0.370 e. The van der Waals surface area contributed by atoms with Gasteiger partial charge in [-0.15, -0.1) is 0 Å². The number of amides is 1. The Morgan fingerprint density at radius 1 is 1.23 bits per heavy atom. The van der Waals surface area contributed by atoms with Gasteiger partial charge in [-0.3, -0.25) is 4.79 Å². The molecule has 1 fully saturated rings. The summed E-state index contributed by atoms with van der Waals surface area (Å²) in [6.45, 7) is 1.68. The fourth-order valence-electron chi connectivity index (χ4n) is 2.52. The van der Waals surface area contributed by atoms with E-state index >= 15 is 0 Å². The molecule has 22 heavy (non-hydrogen) atoms. The Labute approximate surface area is 143 Å². The number of benzene rings is 2. The first kappa shape index (κ1) is 15.5. The molecule has 0 N–H and O–H groups in total. The molecule has 1 saturated heterocycles. The van der Waals surface area contributed by atoms with Crippen molar-refractivity contribution in [1.82, 2.24) is 4.90 Å². The number of rotatable bonds is 2. The van der Waals surface area contributed by atoms with Gasteiger partial charge in [-0.2, -0.15) is 0 Å². The maximum atomic E-state index is 12.6. The number of carbonyl (C=O) groups is 1. The van der Waals surface area contributed by atoms with Crippen LogP contribution in [0.3, 0.4) is 0 Å². The maximum Gasteiger partial charge on any atom is 0.254 e.